The molecule has 0 bridgehead atoms. The summed E-state index contributed by atoms with van der Waals surface area (Å²) in [7, 11) is 0. The van der Waals surface area contributed by atoms with Gasteiger partial charge in [-0.1, -0.05) is 37.3 Å². The maximum atomic E-state index is 5.71. The minimum absolute atomic E-state index is 0.253. The number of allylic oxidation sites excluding steroid dienone is 5. The molecule has 1 heteroatoms. The summed E-state index contributed by atoms with van der Waals surface area (Å²) >= 11 is 0. The first-order chi connectivity index (χ1) is 5.68. The molecule has 0 aromatic rings. The van der Waals surface area contributed by atoms with E-state index in [4.69, 9.17) is 5.73 Å². The molecule has 2 unspecified atom stereocenters. The van der Waals surface area contributed by atoms with E-state index in [2.05, 4.69) is 37.3 Å². The zero-order chi connectivity index (χ0) is 8.97. The molecule has 2 N–H and O–H groups in total. The molecule has 1 rings (SSSR count). The summed E-state index contributed by atoms with van der Waals surface area (Å²) in [6.45, 7) is 4.21. The maximum Gasteiger partial charge on any atom is 0.00509 e. The predicted octanol–water partition coefficient (Wildman–Crippen LogP) is 2.41. The van der Waals surface area contributed by atoms with Crippen molar-refractivity contribution >= 4 is 0 Å². The molecule has 0 aromatic carbocycles. The Labute approximate surface area is 74.7 Å². The van der Waals surface area contributed by atoms with Gasteiger partial charge in [0.05, 0.1) is 0 Å². The molecule has 0 heterocycles. The lowest BCUT2D eigenvalue weighted by atomic mass is 10.1. The van der Waals surface area contributed by atoms with Crippen molar-refractivity contribution in [3.05, 3.63) is 36.0 Å². The van der Waals surface area contributed by atoms with Crippen LogP contribution in [0.25, 0.3) is 0 Å². The summed E-state index contributed by atoms with van der Waals surface area (Å²) in [6, 6.07) is 0.253. The summed E-state index contributed by atoms with van der Waals surface area (Å²) in [5.41, 5.74) is 7.03. The highest BCUT2D eigenvalue weighted by Gasteiger charge is 2.00. The van der Waals surface area contributed by atoms with Gasteiger partial charge < -0.3 is 5.73 Å². The molecule has 1 nitrogen and oxygen atoms in total. The van der Waals surface area contributed by atoms with Gasteiger partial charge in [0.15, 0.2) is 0 Å². The fourth-order valence-electron chi connectivity index (χ4n) is 1.26. The van der Waals surface area contributed by atoms with E-state index >= 15 is 0 Å². The van der Waals surface area contributed by atoms with Crippen LogP contribution in [0.4, 0.5) is 0 Å². The molecule has 0 spiro atoms. The molecule has 0 fully saturated rings. The van der Waals surface area contributed by atoms with Crippen molar-refractivity contribution in [3.8, 4) is 0 Å². The van der Waals surface area contributed by atoms with Crippen molar-refractivity contribution in [2.75, 3.05) is 0 Å². The largest absolute Gasteiger partial charge is 0.328 e. The van der Waals surface area contributed by atoms with Crippen molar-refractivity contribution in [1.82, 2.24) is 0 Å². The van der Waals surface area contributed by atoms with Crippen LogP contribution in [0.1, 0.15) is 20.3 Å². The van der Waals surface area contributed by atoms with Gasteiger partial charge in [-0.3, -0.25) is 0 Å². The van der Waals surface area contributed by atoms with Crippen molar-refractivity contribution in [2.24, 2.45) is 11.7 Å². The topological polar surface area (TPSA) is 26.0 Å². The Kier molecular flexibility index (Phi) is 3.30. The van der Waals surface area contributed by atoms with Crippen LogP contribution in [0.15, 0.2) is 36.0 Å². The minimum Gasteiger partial charge on any atom is -0.328 e. The summed E-state index contributed by atoms with van der Waals surface area (Å²) in [5.74, 6) is 0.548. The first-order valence-corrected chi connectivity index (χ1v) is 4.49. The molecule has 0 radical (unpaired) electrons. The van der Waals surface area contributed by atoms with Gasteiger partial charge in [-0.05, 0) is 24.8 Å². The van der Waals surface area contributed by atoms with Crippen LogP contribution < -0.4 is 5.73 Å². The molecule has 12 heavy (non-hydrogen) atoms. The second-order valence-corrected chi connectivity index (χ2v) is 3.53. The summed E-state index contributed by atoms with van der Waals surface area (Å²) in [4.78, 5) is 0. The summed E-state index contributed by atoms with van der Waals surface area (Å²) in [5, 5.41) is 0. The molecule has 0 aromatic heterocycles. The van der Waals surface area contributed by atoms with Gasteiger partial charge in [0.2, 0.25) is 0 Å². The Morgan fingerprint density at radius 2 is 2.25 bits per heavy atom. The highest BCUT2D eigenvalue weighted by Crippen LogP contribution is 2.13. The molecule has 1 aliphatic carbocycles. The fourth-order valence-corrected chi connectivity index (χ4v) is 1.26. The van der Waals surface area contributed by atoms with Crippen LogP contribution >= 0.6 is 0 Å². The van der Waals surface area contributed by atoms with E-state index < -0.39 is 0 Å². The van der Waals surface area contributed by atoms with Gasteiger partial charge in [0.25, 0.3) is 0 Å². The molecular formula is C11H17N. The Morgan fingerprint density at radius 1 is 1.50 bits per heavy atom. The molecule has 0 saturated heterocycles. The van der Waals surface area contributed by atoms with E-state index in [0.717, 1.165) is 6.42 Å². The highest BCUT2D eigenvalue weighted by molar-refractivity contribution is 5.28. The monoisotopic (exact) mass is 163 g/mol. The van der Waals surface area contributed by atoms with Gasteiger partial charge in [-0.25, -0.2) is 0 Å². The van der Waals surface area contributed by atoms with Crippen LogP contribution in [0.2, 0.25) is 0 Å². The lowest BCUT2D eigenvalue weighted by Gasteiger charge is -2.04. The van der Waals surface area contributed by atoms with E-state index in [-0.39, 0.29) is 6.04 Å². The summed E-state index contributed by atoms with van der Waals surface area (Å²) < 4.78 is 0. The van der Waals surface area contributed by atoms with E-state index in [9.17, 15) is 0 Å². The van der Waals surface area contributed by atoms with Crippen molar-refractivity contribution in [1.29, 1.82) is 0 Å². The third-order valence-corrected chi connectivity index (χ3v) is 1.90. The van der Waals surface area contributed by atoms with Crippen LogP contribution in [-0.4, -0.2) is 6.04 Å². The minimum atomic E-state index is 0.253. The molecule has 1 aliphatic rings. The smallest absolute Gasteiger partial charge is 0.00509 e. The van der Waals surface area contributed by atoms with Gasteiger partial charge in [-0.15, -0.1) is 0 Å². The van der Waals surface area contributed by atoms with Gasteiger partial charge >= 0.3 is 0 Å². The van der Waals surface area contributed by atoms with E-state index in [1.54, 1.807) is 0 Å². The van der Waals surface area contributed by atoms with Crippen LogP contribution in [0, 0.1) is 5.92 Å². The molecular weight excluding hydrogens is 146 g/mol. The van der Waals surface area contributed by atoms with Gasteiger partial charge in [-0.2, -0.15) is 0 Å². The number of nitrogens with two attached hydrogens (primary N) is 1. The third kappa shape index (κ3) is 3.05. The summed E-state index contributed by atoms with van der Waals surface area (Å²) in [6.07, 6.45) is 11.8. The second kappa shape index (κ2) is 4.27. The third-order valence-electron chi connectivity index (χ3n) is 1.90. The van der Waals surface area contributed by atoms with E-state index in [0.29, 0.717) is 5.92 Å². The molecule has 0 aliphatic heterocycles. The number of hydrogen-bond acceptors (Lipinski definition) is 1. The average Bonchev–Trinajstić information content (AvgIpc) is 2.15. The Bertz CT molecular complexity index is 221. The quantitative estimate of drug-likeness (QED) is 0.664. The van der Waals surface area contributed by atoms with Gasteiger partial charge in [0, 0.05) is 6.04 Å². The van der Waals surface area contributed by atoms with Crippen molar-refractivity contribution in [2.45, 2.75) is 26.3 Å². The zero-order valence-corrected chi connectivity index (χ0v) is 7.83. The molecule has 0 amide bonds. The second-order valence-electron chi connectivity index (χ2n) is 3.53. The fraction of sp³-hybridized carbons (Fsp3) is 0.455. The standard InChI is InChI=1S/C11H17N/c1-9-4-3-5-11(7-6-9)8-10(2)12/h3-7,9-10H,8,12H2,1-2H3. The van der Waals surface area contributed by atoms with Crippen molar-refractivity contribution in [3.63, 3.8) is 0 Å². The Morgan fingerprint density at radius 3 is 2.92 bits per heavy atom. The highest BCUT2D eigenvalue weighted by atomic mass is 14.6. The van der Waals surface area contributed by atoms with Gasteiger partial charge in [0.1, 0.15) is 0 Å². The molecule has 0 saturated carbocycles. The maximum absolute atomic E-state index is 5.71. The normalized spacial score (nSPS) is 24.9. The van der Waals surface area contributed by atoms with E-state index in [1.807, 2.05) is 6.92 Å². The predicted molar refractivity (Wildman–Crippen MR) is 53.8 cm³/mol. The van der Waals surface area contributed by atoms with Crippen LogP contribution in [0.5, 0.6) is 0 Å². The first-order valence-electron chi connectivity index (χ1n) is 4.49. The Hall–Kier alpha value is -0.820. The van der Waals surface area contributed by atoms with Crippen LogP contribution in [0.3, 0.4) is 0 Å². The molecule has 2 atom stereocenters. The number of rotatable bonds is 2. The lowest BCUT2D eigenvalue weighted by Crippen LogP contribution is -2.14. The van der Waals surface area contributed by atoms with E-state index in [1.165, 1.54) is 5.57 Å². The first kappa shape index (κ1) is 9.27. The average molecular weight is 163 g/mol. The van der Waals surface area contributed by atoms with Crippen molar-refractivity contribution < 1.29 is 0 Å². The van der Waals surface area contributed by atoms with Crippen LogP contribution in [-0.2, 0) is 0 Å². The SMILES string of the molecule is CC1C=CC=C(CC(C)N)C=C1. The molecule has 66 valence electrons. The lowest BCUT2D eigenvalue weighted by molar-refractivity contribution is 0.740. The zero-order valence-electron chi connectivity index (χ0n) is 7.83. The number of hydrogen-bond donors (Lipinski definition) is 1. The Balaban J connectivity index is 2.60.